The number of anilines is 1. The van der Waals surface area contributed by atoms with Crippen LogP contribution in [-0.2, 0) is 10.0 Å². The van der Waals surface area contributed by atoms with Gasteiger partial charge in [0.15, 0.2) is 0 Å². The van der Waals surface area contributed by atoms with Gasteiger partial charge in [-0.2, -0.15) is 4.31 Å². The van der Waals surface area contributed by atoms with Crippen molar-refractivity contribution >= 4 is 33.0 Å². The number of carboxylic acid groups (broad SMARTS) is 1. The molecule has 0 aliphatic carbocycles. The predicted molar refractivity (Wildman–Crippen MR) is 113 cm³/mol. The Kier molecular flexibility index (Phi) is 5.98. The summed E-state index contributed by atoms with van der Waals surface area (Å²) < 4.78 is 26.9. The Bertz CT molecular complexity index is 1060. The molecular formula is C20H23N3O4S2. The summed E-state index contributed by atoms with van der Waals surface area (Å²) in [6, 6.07) is 4.65. The number of pyridine rings is 1. The van der Waals surface area contributed by atoms with E-state index in [2.05, 4.69) is 22.1 Å². The van der Waals surface area contributed by atoms with E-state index in [0.717, 1.165) is 11.3 Å². The Hall–Kier alpha value is -2.41. The number of rotatable bonds is 5. The van der Waals surface area contributed by atoms with Gasteiger partial charge >= 0.3 is 5.97 Å². The van der Waals surface area contributed by atoms with Gasteiger partial charge in [0, 0.05) is 36.9 Å². The van der Waals surface area contributed by atoms with Crippen molar-refractivity contribution in [1.29, 1.82) is 0 Å². The quantitative estimate of drug-likeness (QED) is 0.703. The molecule has 1 aliphatic heterocycles. The smallest absolute Gasteiger partial charge is 0.348 e. The van der Waals surface area contributed by atoms with Crippen molar-refractivity contribution < 1.29 is 18.3 Å². The first-order valence-corrected chi connectivity index (χ1v) is 11.4. The molecule has 7 nitrogen and oxygen atoms in total. The largest absolute Gasteiger partial charge is 0.477 e. The summed E-state index contributed by atoms with van der Waals surface area (Å²) in [5, 5.41) is 12.7. The maximum Gasteiger partial charge on any atom is 0.348 e. The molecule has 1 saturated heterocycles. The second kappa shape index (κ2) is 8.14. The van der Waals surface area contributed by atoms with E-state index >= 15 is 0 Å². The summed E-state index contributed by atoms with van der Waals surface area (Å²) in [7, 11) is -3.62. The molecule has 0 saturated carbocycles. The van der Waals surface area contributed by atoms with Crippen molar-refractivity contribution in [1.82, 2.24) is 9.29 Å². The van der Waals surface area contributed by atoms with Crippen LogP contribution in [0.15, 0.2) is 35.5 Å². The second-order valence-corrected chi connectivity index (χ2v) is 10.8. The lowest BCUT2D eigenvalue weighted by molar-refractivity contribution is 0.0703. The fourth-order valence-electron chi connectivity index (χ4n) is 2.90. The predicted octanol–water partition coefficient (Wildman–Crippen LogP) is 3.11. The monoisotopic (exact) mass is 433 g/mol. The first-order chi connectivity index (χ1) is 13.6. The van der Waals surface area contributed by atoms with Crippen molar-refractivity contribution in [3.8, 4) is 11.8 Å². The van der Waals surface area contributed by atoms with E-state index in [9.17, 15) is 18.3 Å². The van der Waals surface area contributed by atoms with E-state index in [1.165, 1.54) is 22.8 Å². The van der Waals surface area contributed by atoms with Crippen LogP contribution in [0.25, 0.3) is 0 Å². The molecule has 1 atom stereocenters. The van der Waals surface area contributed by atoms with Crippen LogP contribution < -0.4 is 5.32 Å². The van der Waals surface area contributed by atoms with Crippen molar-refractivity contribution in [2.24, 2.45) is 5.41 Å². The third-order valence-electron chi connectivity index (χ3n) is 4.27. The molecule has 1 aliphatic rings. The fourth-order valence-corrected chi connectivity index (χ4v) is 5.18. The summed E-state index contributed by atoms with van der Waals surface area (Å²) in [5.41, 5.74) is 0.291. The van der Waals surface area contributed by atoms with Gasteiger partial charge in [-0.05, 0) is 45.4 Å². The highest BCUT2D eigenvalue weighted by atomic mass is 32.2. The van der Waals surface area contributed by atoms with Gasteiger partial charge in [0.1, 0.15) is 9.77 Å². The van der Waals surface area contributed by atoms with Crippen LogP contribution in [0.2, 0.25) is 0 Å². The Morgan fingerprint density at radius 1 is 1.41 bits per heavy atom. The van der Waals surface area contributed by atoms with Gasteiger partial charge in [-0.1, -0.05) is 11.8 Å². The molecule has 154 valence electrons. The van der Waals surface area contributed by atoms with Crippen molar-refractivity contribution in [2.45, 2.75) is 38.1 Å². The topological polar surface area (TPSA) is 99.6 Å². The molecule has 0 aromatic carbocycles. The third-order valence-corrected chi connectivity index (χ3v) is 7.16. The number of nitrogens with one attached hydrogen (secondary N) is 1. The standard InChI is InChI=1S/C20H23N3O4S2/c1-20(2,3)8-6-15-11-17(18(28-15)19(24)25)22-14-7-10-23(13-14)29(26,27)16-5-4-9-21-12-16/h4-5,9,11-12,14,22H,7,10,13H2,1-3H3,(H,24,25)/t14-/m0/s1. The maximum absolute atomic E-state index is 12.7. The fraction of sp³-hybridized carbons (Fsp3) is 0.400. The van der Waals surface area contributed by atoms with Gasteiger partial charge in [0.25, 0.3) is 0 Å². The molecule has 2 N–H and O–H groups in total. The molecule has 0 unspecified atom stereocenters. The van der Waals surface area contributed by atoms with Crippen LogP contribution in [0, 0.1) is 17.3 Å². The van der Waals surface area contributed by atoms with Gasteiger partial charge in [-0.25, -0.2) is 13.2 Å². The Balaban J connectivity index is 1.76. The minimum Gasteiger partial charge on any atom is -0.477 e. The Morgan fingerprint density at radius 3 is 2.79 bits per heavy atom. The molecule has 2 aromatic heterocycles. The van der Waals surface area contributed by atoms with Crippen LogP contribution in [0.1, 0.15) is 41.7 Å². The summed E-state index contributed by atoms with van der Waals surface area (Å²) in [5.74, 6) is 5.11. The number of carboxylic acids is 1. The van der Waals surface area contributed by atoms with Crippen LogP contribution in [0.3, 0.4) is 0 Å². The molecule has 3 rings (SSSR count). The van der Waals surface area contributed by atoms with E-state index < -0.39 is 16.0 Å². The second-order valence-electron chi connectivity index (χ2n) is 7.84. The number of sulfonamides is 1. The summed E-state index contributed by atoms with van der Waals surface area (Å²) in [4.78, 5) is 16.5. The van der Waals surface area contributed by atoms with E-state index in [1.54, 1.807) is 12.1 Å². The number of nitrogens with zero attached hydrogens (tertiary/aromatic N) is 2. The molecule has 29 heavy (non-hydrogen) atoms. The summed E-state index contributed by atoms with van der Waals surface area (Å²) in [6.45, 7) is 6.58. The van der Waals surface area contributed by atoms with Gasteiger partial charge in [-0.15, -0.1) is 11.3 Å². The number of thiophene rings is 1. The van der Waals surface area contributed by atoms with Crippen LogP contribution in [0.4, 0.5) is 5.69 Å². The van der Waals surface area contributed by atoms with E-state index in [-0.39, 0.29) is 27.8 Å². The van der Waals surface area contributed by atoms with Crippen LogP contribution in [-0.4, -0.2) is 47.9 Å². The SMILES string of the molecule is CC(C)(C)C#Cc1cc(N[C@H]2CCN(S(=O)(=O)c3cccnc3)C2)c(C(=O)O)s1. The van der Waals surface area contributed by atoms with Crippen LogP contribution >= 0.6 is 11.3 Å². The van der Waals surface area contributed by atoms with E-state index in [0.29, 0.717) is 23.5 Å². The Labute approximate surface area is 174 Å². The minimum absolute atomic E-state index is 0.155. The normalized spacial score (nSPS) is 17.6. The van der Waals surface area contributed by atoms with Crippen molar-refractivity contribution in [3.63, 3.8) is 0 Å². The summed E-state index contributed by atoms with van der Waals surface area (Å²) >= 11 is 1.12. The zero-order valence-electron chi connectivity index (χ0n) is 16.5. The number of carbonyl (C=O) groups is 1. The lowest BCUT2D eigenvalue weighted by atomic mass is 9.98. The van der Waals surface area contributed by atoms with Crippen molar-refractivity contribution in [2.75, 3.05) is 18.4 Å². The lowest BCUT2D eigenvalue weighted by Crippen LogP contribution is -2.31. The van der Waals surface area contributed by atoms with E-state index in [4.69, 9.17) is 0 Å². The van der Waals surface area contributed by atoms with Gasteiger partial charge in [0.05, 0.1) is 10.6 Å². The highest BCUT2D eigenvalue weighted by molar-refractivity contribution is 7.89. The number of hydrogen-bond acceptors (Lipinski definition) is 6. The van der Waals surface area contributed by atoms with Crippen LogP contribution in [0.5, 0.6) is 0 Å². The highest BCUT2D eigenvalue weighted by Crippen LogP contribution is 2.30. The van der Waals surface area contributed by atoms with E-state index in [1.807, 2.05) is 20.8 Å². The molecule has 0 spiro atoms. The first-order valence-electron chi connectivity index (χ1n) is 9.13. The van der Waals surface area contributed by atoms with Gasteiger partial charge < -0.3 is 10.4 Å². The van der Waals surface area contributed by atoms with Gasteiger partial charge in [-0.3, -0.25) is 4.98 Å². The molecule has 0 amide bonds. The first kappa shape index (κ1) is 21.3. The number of aromatic nitrogens is 1. The minimum atomic E-state index is -3.62. The highest BCUT2D eigenvalue weighted by Gasteiger charge is 2.33. The average Bonchev–Trinajstić information content (AvgIpc) is 3.28. The molecule has 3 heterocycles. The molecular weight excluding hydrogens is 410 g/mol. The zero-order valence-corrected chi connectivity index (χ0v) is 18.1. The average molecular weight is 434 g/mol. The third kappa shape index (κ3) is 5.15. The number of aromatic carboxylic acids is 1. The molecule has 9 heteroatoms. The molecule has 0 bridgehead atoms. The summed E-state index contributed by atoms with van der Waals surface area (Å²) in [6.07, 6.45) is 3.44. The maximum atomic E-state index is 12.7. The molecule has 0 radical (unpaired) electrons. The Morgan fingerprint density at radius 2 is 2.17 bits per heavy atom. The van der Waals surface area contributed by atoms with Gasteiger partial charge in [0.2, 0.25) is 10.0 Å². The lowest BCUT2D eigenvalue weighted by Gasteiger charge is -2.17. The number of hydrogen-bond donors (Lipinski definition) is 2. The molecule has 1 fully saturated rings. The zero-order chi connectivity index (χ0) is 21.2. The van der Waals surface area contributed by atoms with Crippen molar-refractivity contribution in [3.05, 3.63) is 40.3 Å². The molecule has 2 aromatic rings.